The average molecular weight is 571 g/mol. The van der Waals surface area contributed by atoms with Gasteiger partial charge in [-0.05, 0) is 60.7 Å². The third-order valence-electron chi connectivity index (χ3n) is 8.17. The van der Waals surface area contributed by atoms with Gasteiger partial charge in [-0.1, -0.05) is 12.1 Å². The van der Waals surface area contributed by atoms with Gasteiger partial charge in [0.25, 0.3) is 0 Å². The van der Waals surface area contributed by atoms with Crippen molar-refractivity contribution in [2.75, 3.05) is 25.5 Å². The first-order valence-corrected chi connectivity index (χ1v) is 13.8. The number of ether oxygens (including phenoxy) is 2. The van der Waals surface area contributed by atoms with Gasteiger partial charge in [0, 0.05) is 42.7 Å². The number of carbonyl (C=O) groups excluding carboxylic acids is 1. The van der Waals surface area contributed by atoms with Crippen LogP contribution in [0.5, 0.6) is 11.6 Å². The van der Waals surface area contributed by atoms with Gasteiger partial charge in [0.15, 0.2) is 11.6 Å². The minimum absolute atomic E-state index is 0.00251. The Bertz CT molecular complexity index is 1820. The summed E-state index contributed by atoms with van der Waals surface area (Å²) in [5.74, 6) is -2.34. The number of rotatable bonds is 6. The highest BCUT2D eigenvalue weighted by Gasteiger charge is 2.28. The van der Waals surface area contributed by atoms with Crippen LogP contribution in [0.25, 0.3) is 16.6 Å². The molecule has 5 aromatic rings. The highest BCUT2D eigenvalue weighted by atomic mass is 19.1. The Labute approximate surface area is 239 Å². The van der Waals surface area contributed by atoms with E-state index in [0.29, 0.717) is 23.0 Å². The Balaban J connectivity index is 1.15. The smallest absolute Gasteiger partial charge is 0.219 e. The van der Waals surface area contributed by atoms with Gasteiger partial charge in [-0.3, -0.25) is 9.69 Å². The maximum atomic E-state index is 14.0. The van der Waals surface area contributed by atoms with Crippen molar-refractivity contribution in [3.05, 3.63) is 94.4 Å². The summed E-state index contributed by atoms with van der Waals surface area (Å²) >= 11 is 0. The predicted octanol–water partition coefficient (Wildman–Crippen LogP) is 5.09. The fraction of sp³-hybridized carbons (Fsp3) is 0.258. The average Bonchev–Trinajstić information content (AvgIpc) is 3.75. The molecule has 7 rings (SSSR count). The molecule has 2 aliphatic heterocycles. The number of pyridine rings is 1. The first-order valence-electron chi connectivity index (χ1n) is 13.8. The molecular weight excluding hydrogens is 542 g/mol. The number of nitrogens with two attached hydrogens (primary N) is 1. The molecule has 3 N–H and O–H groups in total. The van der Waals surface area contributed by atoms with Crippen molar-refractivity contribution in [3.8, 4) is 17.3 Å². The van der Waals surface area contributed by atoms with E-state index in [1.165, 1.54) is 40.3 Å². The summed E-state index contributed by atoms with van der Waals surface area (Å²) in [6.45, 7) is 5.14. The Kier molecular flexibility index (Phi) is 6.47. The number of hydrogen-bond acceptors (Lipinski definition) is 7. The largest absolute Gasteiger partial charge is 0.433 e. The topological polar surface area (TPSA) is 111 Å². The minimum Gasteiger partial charge on any atom is -0.433 e. The van der Waals surface area contributed by atoms with E-state index in [0.717, 1.165) is 62.2 Å². The first-order chi connectivity index (χ1) is 20.4. The van der Waals surface area contributed by atoms with Crippen molar-refractivity contribution in [2.45, 2.75) is 32.4 Å². The van der Waals surface area contributed by atoms with Crippen LogP contribution in [0.3, 0.4) is 0 Å². The Hall–Kier alpha value is -4.61. The third kappa shape index (κ3) is 4.50. The van der Waals surface area contributed by atoms with Crippen molar-refractivity contribution in [1.29, 1.82) is 0 Å². The van der Waals surface area contributed by atoms with Crippen LogP contribution in [-0.4, -0.2) is 56.2 Å². The second-order valence-corrected chi connectivity index (χ2v) is 10.7. The Morgan fingerprint density at radius 3 is 2.76 bits per heavy atom. The van der Waals surface area contributed by atoms with E-state index in [4.69, 9.17) is 15.2 Å². The summed E-state index contributed by atoms with van der Waals surface area (Å²) in [5, 5.41) is 5.39. The van der Waals surface area contributed by atoms with Gasteiger partial charge in [-0.25, -0.2) is 18.4 Å². The van der Waals surface area contributed by atoms with E-state index >= 15 is 0 Å². The number of aromatic amines is 1. The van der Waals surface area contributed by atoms with Crippen molar-refractivity contribution in [3.63, 3.8) is 0 Å². The van der Waals surface area contributed by atoms with Gasteiger partial charge in [0.1, 0.15) is 5.82 Å². The number of nitrogens with zero attached hydrogens (tertiary/aromatic N) is 4. The summed E-state index contributed by atoms with van der Waals surface area (Å²) in [5.41, 5.74) is 11.7. The van der Waals surface area contributed by atoms with Gasteiger partial charge in [-0.15, -0.1) is 0 Å². The van der Waals surface area contributed by atoms with E-state index < -0.39 is 17.4 Å². The zero-order valence-electron chi connectivity index (χ0n) is 22.9. The number of carbonyl (C=O) groups is 1. The molecule has 3 aromatic heterocycles. The lowest BCUT2D eigenvalue weighted by Gasteiger charge is -2.33. The molecule has 2 aromatic carbocycles. The summed E-state index contributed by atoms with van der Waals surface area (Å²) < 4.78 is 40.4. The Morgan fingerprint density at radius 2 is 2.00 bits per heavy atom. The number of hydrogen-bond donors (Lipinski definition) is 2. The second-order valence-electron chi connectivity index (χ2n) is 10.7. The molecule has 1 fully saturated rings. The number of aryl methyl sites for hydroxylation is 1. The number of nitrogens with one attached hydrogen (secondary N) is 1. The number of para-hydroxylation sites is 1. The van der Waals surface area contributed by atoms with Gasteiger partial charge < -0.3 is 20.2 Å². The van der Waals surface area contributed by atoms with E-state index in [-0.39, 0.29) is 23.0 Å². The van der Waals surface area contributed by atoms with Crippen LogP contribution in [0.15, 0.2) is 54.9 Å². The number of H-pyrrole nitrogens is 1. The molecule has 1 unspecified atom stereocenters. The fourth-order valence-corrected chi connectivity index (χ4v) is 5.88. The van der Waals surface area contributed by atoms with Gasteiger partial charge in [-0.2, -0.15) is 5.10 Å². The van der Waals surface area contributed by atoms with Crippen LogP contribution in [0.2, 0.25) is 0 Å². The molecule has 42 heavy (non-hydrogen) atoms. The van der Waals surface area contributed by atoms with E-state index in [9.17, 15) is 13.6 Å². The molecule has 0 amide bonds. The zero-order chi connectivity index (χ0) is 29.0. The number of ketones is 1. The van der Waals surface area contributed by atoms with Crippen LogP contribution < -0.4 is 10.5 Å². The van der Waals surface area contributed by atoms with Crippen molar-refractivity contribution >= 4 is 22.5 Å². The number of anilines is 1. The standard InChI is InChI=1S/C31H28F2N6O3/c1-17-11-28(42-30-23(32)3-2-4-24(30)33)35-14-27(17)39-31(34)21(13-36-39)29(40)26-12-20-22-15-38(19-8-10-41-16-19)9-7-18(22)5-6-25(20)37-26/h2-6,11-14,19,37H,7-10,15-16,34H2,1H3. The molecule has 0 aliphatic carbocycles. The van der Waals surface area contributed by atoms with Crippen LogP contribution >= 0.6 is 0 Å². The summed E-state index contributed by atoms with van der Waals surface area (Å²) in [4.78, 5) is 23.6. The van der Waals surface area contributed by atoms with E-state index in [2.05, 4.69) is 26.0 Å². The van der Waals surface area contributed by atoms with Gasteiger partial charge >= 0.3 is 0 Å². The molecule has 214 valence electrons. The molecule has 9 nitrogen and oxygen atoms in total. The summed E-state index contributed by atoms with van der Waals surface area (Å²) in [7, 11) is 0. The van der Waals surface area contributed by atoms with Crippen LogP contribution in [0.4, 0.5) is 14.6 Å². The number of fused-ring (bicyclic) bond motifs is 3. The molecule has 1 atom stereocenters. The highest BCUT2D eigenvalue weighted by Crippen LogP contribution is 2.32. The van der Waals surface area contributed by atoms with Crippen LogP contribution in [0, 0.1) is 18.6 Å². The monoisotopic (exact) mass is 570 g/mol. The van der Waals surface area contributed by atoms with Gasteiger partial charge in [0.05, 0.1) is 35.9 Å². The third-order valence-corrected chi connectivity index (χ3v) is 8.17. The summed E-state index contributed by atoms with van der Waals surface area (Å²) in [6, 6.07) is 11.5. The van der Waals surface area contributed by atoms with Crippen LogP contribution in [0.1, 0.15) is 39.2 Å². The van der Waals surface area contributed by atoms with E-state index in [1.807, 2.05) is 12.1 Å². The summed E-state index contributed by atoms with van der Waals surface area (Å²) in [6.07, 6.45) is 4.86. The zero-order valence-corrected chi connectivity index (χ0v) is 22.9. The predicted molar refractivity (Wildman–Crippen MR) is 152 cm³/mol. The molecule has 0 spiro atoms. The molecule has 0 saturated carbocycles. The number of nitrogen functional groups attached to an aromatic ring is 1. The Morgan fingerprint density at radius 1 is 1.17 bits per heavy atom. The second kappa shape index (κ2) is 10.3. The SMILES string of the molecule is Cc1cc(Oc2c(F)cccc2F)ncc1-n1ncc(C(=O)c2cc3c4c(ccc3[nH]2)CCN(C2CCOC2)C4)c1N. The lowest BCUT2D eigenvalue weighted by atomic mass is 9.95. The van der Waals surface area contributed by atoms with Crippen molar-refractivity contribution in [1.82, 2.24) is 24.6 Å². The maximum Gasteiger partial charge on any atom is 0.219 e. The maximum absolute atomic E-state index is 14.0. The quantitative estimate of drug-likeness (QED) is 0.274. The molecule has 2 aliphatic rings. The number of halogens is 2. The van der Waals surface area contributed by atoms with Gasteiger partial charge in [0.2, 0.25) is 17.4 Å². The van der Waals surface area contributed by atoms with Crippen LogP contribution in [-0.2, 0) is 17.7 Å². The molecule has 11 heteroatoms. The molecular formula is C31H28F2N6O3. The fourth-order valence-electron chi connectivity index (χ4n) is 5.88. The molecule has 0 bridgehead atoms. The van der Waals surface area contributed by atoms with E-state index in [1.54, 1.807) is 6.92 Å². The number of benzene rings is 2. The molecule has 0 radical (unpaired) electrons. The lowest BCUT2D eigenvalue weighted by molar-refractivity contribution is 0.103. The first kappa shape index (κ1) is 26.3. The lowest BCUT2D eigenvalue weighted by Crippen LogP contribution is -2.39. The highest BCUT2D eigenvalue weighted by molar-refractivity contribution is 6.12. The van der Waals surface area contributed by atoms with Crippen molar-refractivity contribution < 1.29 is 23.0 Å². The molecule has 1 saturated heterocycles. The molecule has 5 heterocycles. The minimum atomic E-state index is -0.837. The normalized spacial score (nSPS) is 17.1. The van der Waals surface area contributed by atoms with Crippen molar-refractivity contribution in [2.24, 2.45) is 0 Å². The number of aromatic nitrogens is 4.